The van der Waals surface area contributed by atoms with E-state index in [9.17, 15) is 26.3 Å². The van der Waals surface area contributed by atoms with Gasteiger partial charge >= 0.3 is 12.4 Å². The van der Waals surface area contributed by atoms with E-state index in [4.69, 9.17) is 0 Å². The maximum absolute atomic E-state index is 12.5. The Labute approximate surface area is 110 Å². The Kier molecular flexibility index (Phi) is 5.19. The predicted molar refractivity (Wildman–Crippen MR) is 57.6 cm³/mol. The molecular formula is C10H11F6N2S. The lowest BCUT2D eigenvalue weighted by molar-refractivity contribution is -0.148. The van der Waals surface area contributed by atoms with Crippen molar-refractivity contribution in [3.63, 3.8) is 0 Å². The van der Waals surface area contributed by atoms with E-state index in [1.165, 1.54) is 0 Å². The van der Waals surface area contributed by atoms with Crippen LogP contribution in [0.15, 0.2) is 0 Å². The zero-order valence-electron chi connectivity index (χ0n) is 9.90. The zero-order valence-corrected chi connectivity index (χ0v) is 10.7. The number of hydrogen-bond acceptors (Lipinski definition) is 3. The number of thiazole rings is 1. The summed E-state index contributed by atoms with van der Waals surface area (Å²) in [6.07, 6.45) is -8.69. The van der Waals surface area contributed by atoms with Crippen LogP contribution in [0, 0.1) is 5.51 Å². The molecule has 2 nitrogen and oxygen atoms in total. The van der Waals surface area contributed by atoms with Crippen LogP contribution in [0.25, 0.3) is 0 Å². The Bertz CT molecular complexity index is 397. The van der Waals surface area contributed by atoms with Crippen molar-refractivity contribution in [3.05, 3.63) is 16.1 Å². The molecule has 1 radical (unpaired) electrons. The molecule has 1 heterocycles. The molecule has 0 saturated carbocycles. The lowest BCUT2D eigenvalue weighted by atomic mass is 10.3. The fourth-order valence-corrected chi connectivity index (χ4v) is 2.30. The molecule has 0 aliphatic rings. The average Bonchev–Trinajstić information content (AvgIpc) is 2.62. The summed E-state index contributed by atoms with van der Waals surface area (Å²) in [7, 11) is 0. The molecule has 0 spiro atoms. The number of hydrogen-bond donors (Lipinski definition) is 0. The molecule has 0 bridgehead atoms. The SMILES string of the molecule is CCCN(Cc1s[c]nc1C(F)(F)F)CC(F)(F)F. The molecule has 1 aromatic heterocycles. The minimum absolute atomic E-state index is 0.0642. The quantitative estimate of drug-likeness (QED) is 0.771. The van der Waals surface area contributed by atoms with Gasteiger partial charge < -0.3 is 0 Å². The zero-order chi connectivity index (χ0) is 14.7. The Morgan fingerprint density at radius 3 is 2.32 bits per heavy atom. The fraction of sp³-hybridized carbons (Fsp3) is 0.700. The second kappa shape index (κ2) is 6.08. The third-order valence-electron chi connectivity index (χ3n) is 2.17. The molecule has 0 atom stereocenters. The van der Waals surface area contributed by atoms with Crippen LogP contribution in [0.2, 0.25) is 0 Å². The largest absolute Gasteiger partial charge is 0.434 e. The van der Waals surface area contributed by atoms with Gasteiger partial charge in [0.05, 0.1) is 11.4 Å². The monoisotopic (exact) mass is 305 g/mol. The van der Waals surface area contributed by atoms with E-state index in [2.05, 4.69) is 10.5 Å². The summed E-state index contributed by atoms with van der Waals surface area (Å²) in [5.41, 5.74) is 0.927. The number of alkyl halides is 6. The van der Waals surface area contributed by atoms with Crippen molar-refractivity contribution in [2.24, 2.45) is 0 Å². The van der Waals surface area contributed by atoms with E-state index in [1.54, 1.807) is 6.92 Å². The summed E-state index contributed by atoms with van der Waals surface area (Å²) < 4.78 is 74.5. The third kappa shape index (κ3) is 5.35. The molecule has 0 aliphatic carbocycles. The van der Waals surface area contributed by atoms with Gasteiger partial charge in [-0.25, -0.2) is 4.98 Å². The van der Waals surface area contributed by atoms with Crippen LogP contribution in [0.5, 0.6) is 0 Å². The normalized spacial score (nSPS) is 13.3. The molecule has 0 aliphatic heterocycles. The highest BCUT2D eigenvalue weighted by Gasteiger charge is 2.37. The standard InChI is InChI=1S/C10H11F6N2S/c1-2-3-18(5-9(11,12)13)4-7-8(10(14,15)16)17-6-19-7/h2-5H2,1H3. The number of rotatable bonds is 5. The number of aromatic nitrogens is 1. The summed E-state index contributed by atoms with van der Waals surface area (Å²) in [6, 6.07) is 0. The van der Waals surface area contributed by atoms with E-state index in [1.807, 2.05) is 0 Å². The van der Waals surface area contributed by atoms with Crippen molar-refractivity contribution in [3.8, 4) is 0 Å². The summed E-state index contributed by atoms with van der Waals surface area (Å²) in [4.78, 5) is 3.74. The van der Waals surface area contributed by atoms with Crippen molar-refractivity contribution >= 4 is 11.3 Å². The highest BCUT2D eigenvalue weighted by molar-refractivity contribution is 7.09. The van der Waals surface area contributed by atoms with Crippen LogP contribution in [0.3, 0.4) is 0 Å². The van der Waals surface area contributed by atoms with Gasteiger partial charge in [0.1, 0.15) is 0 Å². The number of nitrogens with zero attached hydrogens (tertiary/aromatic N) is 2. The number of halogens is 6. The minimum atomic E-state index is -4.66. The molecule has 0 unspecified atom stereocenters. The topological polar surface area (TPSA) is 16.1 Å². The van der Waals surface area contributed by atoms with Gasteiger partial charge in [-0.1, -0.05) is 6.92 Å². The molecular weight excluding hydrogens is 294 g/mol. The van der Waals surface area contributed by atoms with Crippen LogP contribution >= 0.6 is 11.3 Å². The smallest absolute Gasteiger partial charge is 0.290 e. The van der Waals surface area contributed by atoms with Gasteiger partial charge in [0.15, 0.2) is 11.2 Å². The molecule has 9 heteroatoms. The van der Waals surface area contributed by atoms with E-state index in [-0.39, 0.29) is 11.4 Å². The van der Waals surface area contributed by atoms with Crippen LogP contribution < -0.4 is 0 Å². The van der Waals surface area contributed by atoms with E-state index >= 15 is 0 Å². The van der Waals surface area contributed by atoms with Crippen molar-refractivity contribution in [1.29, 1.82) is 0 Å². The van der Waals surface area contributed by atoms with E-state index < -0.39 is 31.1 Å². The van der Waals surface area contributed by atoms with Gasteiger partial charge in [0.25, 0.3) is 0 Å². The molecule has 1 rings (SSSR count). The van der Waals surface area contributed by atoms with Crippen LogP contribution in [-0.4, -0.2) is 29.1 Å². The molecule has 0 fully saturated rings. The molecule has 0 amide bonds. The second-order valence-corrected chi connectivity index (χ2v) is 4.78. The van der Waals surface area contributed by atoms with E-state index in [0.717, 1.165) is 4.90 Å². The third-order valence-corrected chi connectivity index (χ3v) is 2.92. The first-order valence-corrected chi connectivity index (χ1v) is 6.17. The first-order chi connectivity index (χ1) is 8.63. The summed E-state index contributed by atoms with van der Waals surface area (Å²) in [6.45, 7) is 0.0565. The van der Waals surface area contributed by atoms with Crippen LogP contribution in [0.1, 0.15) is 23.9 Å². The Morgan fingerprint density at radius 2 is 1.84 bits per heavy atom. The van der Waals surface area contributed by atoms with Gasteiger partial charge in [-0.15, -0.1) is 11.3 Å². The van der Waals surface area contributed by atoms with Crippen LogP contribution in [-0.2, 0) is 12.7 Å². The first-order valence-electron chi connectivity index (χ1n) is 5.35. The van der Waals surface area contributed by atoms with Crippen molar-refractivity contribution < 1.29 is 26.3 Å². The molecule has 0 aromatic carbocycles. The lowest BCUT2D eigenvalue weighted by Crippen LogP contribution is -2.34. The van der Waals surface area contributed by atoms with Gasteiger partial charge in [0, 0.05) is 6.54 Å². The van der Waals surface area contributed by atoms with E-state index in [0.29, 0.717) is 17.8 Å². The summed E-state index contributed by atoms with van der Waals surface area (Å²) in [5.74, 6) is 0. The Morgan fingerprint density at radius 1 is 1.21 bits per heavy atom. The van der Waals surface area contributed by atoms with Gasteiger partial charge in [-0.3, -0.25) is 4.90 Å². The fourth-order valence-electron chi connectivity index (χ4n) is 1.55. The van der Waals surface area contributed by atoms with Crippen molar-refractivity contribution in [2.75, 3.05) is 13.1 Å². The molecule has 0 saturated heterocycles. The Balaban J connectivity index is 2.83. The highest BCUT2D eigenvalue weighted by atomic mass is 32.1. The minimum Gasteiger partial charge on any atom is -0.290 e. The van der Waals surface area contributed by atoms with Gasteiger partial charge in [-0.2, -0.15) is 26.3 Å². The van der Waals surface area contributed by atoms with Crippen molar-refractivity contribution in [2.45, 2.75) is 32.2 Å². The molecule has 109 valence electrons. The second-order valence-electron chi connectivity index (χ2n) is 3.90. The summed E-state index contributed by atoms with van der Waals surface area (Å²) >= 11 is 0.591. The average molecular weight is 305 g/mol. The van der Waals surface area contributed by atoms with Gasteiger partial charge in [0.2, 0.25) is 0 Å². The lowest BCUT2D eigenvalue weighted by Gasteiger charge is -2.22. The van der Waals surface area contributed by atoms with Crippen molar-refractivity contribution in [1.82, 2.24) is 9.88 Å². The Hall–Kier alpha value is -0.830. The highest BCUT2D eigenvalue weighted by Crippen LogP contribution is 2.33. The maximum atomic E-state index is 12.5. The predicted octanol–water partition coefficient (Wildman–Crippen LogP) is 3.74. The molecule has 0 N–H and O–H groups in total. The first kappa shape index (κ1) is 16.2. The molecule has 1 aromatic rings. The molecule has 19 heavy (non-hydrogen) atoms. The van der Waals surface area contributed by atoms with Gasteiger partial charge in [-0.05, 0) is 13.0 Å². The van der Waals surface area contributed by atoms with Crippen LogP contribution in [0.4, 0.5) is 26.3 Å². The maximum Gasteiger partial charge on any atom is 0.434 e. The summed E-state index contributed by atoms with van der Waals surface area (Å²) in [5, 5.41) is 0.